The number of carbonyl (C=O) groups is 1. The molecule has 0 saturated carbocycles. The largest absolute Gasteiger partial charge is 0.396 e. The van der Waals surface area contributed by atoms with Gasteiger partial charge in [-0.25, -0.2) is 0 Å². The quantitative estimate of drug-likeness (QED) is 0.620. The molecule has 1 unspecified atom stereocenters. The summed E-state index contributed by atoms with van der Waals surface area (Å²) in [5, 5.41) is 8.68. The zero-order valence-corrected chi connectivity index (χ0v) is 9.20. The number of hydrogen-bond donors (Lipinski definition) is 2. The number of carbonyl (C=O) groups excluding carboxylic acids is 1. The molecule has 0 aromatic heterocycles. The molecule has 4 heteroatoms. The molecule has 0 rings (SSSR count). The molecule has 0 aliphatic heterocycles. The van der Waals surface area contributed by atoms with E-state index in [0.29, 0.717) is 26.1 Å². The Bertz CT molecular complexity index is 162. The SMILES string of the molecule is CCN(CCCO)C(=O)C(C)CCN. The van der Waals surface area contributed by atoms with Crippen LogP contribution in [0.25, 0.3) is 0 Å². The fourth-order valence-electron chi connectivity index (χ4n) is 1.37. The standard InChI is InChI=1S/C10H22N2O2/c1-3-12(7-4-8-13)10(14)9(2)5-6-11/h9,13H,3-8,11H2,1-2H3. The fourth-order valence-corrected chi connectivity index (χ4v) is 1.37. The molecule has 0 radical (unpaired) electrons. The maximum absolute atomic E-state index is 11.8. The van der Waals surface area contributed by atoms with Crippen LogP contribution in [-0.4, -0.2) is 42.2 Å². The average molecular weight is 202 g/mol. The summed E-state index contributed by atoms with van der Waals surface area (Å²) in [6, 6.07) is 0. The van der Waals surface area contributed by atoms with E-state index in [-0.39, 0.29) is 18.4 Å². The van der Waals surface area contributed by atoms with E-state index in [0.717, 1.165) is 6.42 Å². The monoisotopic (exact) mass is 202 g/mol. The molecule has 1 atom stereocenters. The van der Waals surface area contributed by atoms with E-state index in [1.54, 1.807) is 4.90 Å². The third kappa shape index (κ3) is 4.58. The number of nitrogens with zero attached hydrogens (tertiary/aromatic N) is 1. The Labute approximate surface area is 86.1 Å². The van der Waals surface area contributed by atoms with E-state index in [1.165, 1.54) is 0 Å². The van der Waals surface area contributed by atoms with Crippen LogP contribution in [0.5, 0.6) is 0 Å². The summed E-state index contributed by atoms with van der Waals surface area (Å²) in [4.78, 5) is 13.5. The molecule has 84 valence electrons. The van der Waals surface area contributed by atoms with Gasteiger partial charge in [-0.3, -0.25) is 4.79 Å². The predicted octanol–water partition coefficient (Wildman–Crippen LogP) is 0.202. The maximum atomic E-state index is 11.8. The summed E-state index contributed by atoms with van der Waals surface area (Å²) in [5.41, 5.74) is 5.40. The lowest BCUT2D eigenvalue weighted by molar-refractivity contribution is -0.135. The third-order valence-electron chi connectivity index (χ3n) is 2.30. The highest BCUT2D eigenvalue weighted by molar-refractivity contribution is 5.78. The van der Waals surface area contributed by atoms with E-state index in [1.807, 2.05) is 13.8 Å². The minimum Gasteiger partial charge on any atom is -0.396 e. The van der Waals surface area contributed by atoms with Crippen molar-refractivity contribution in [2.45, 2.75) is 26.7 Å². The molecule has 0 aliphatic carbocycles. The van der Waals surface area contributed by atoms with Gasteiger partial charge in [-0.15, -0.1) is 0 Å². The van der Waals surface area contributed by atoms with Crippen molar-refractivity contribution in [3.8, 4) is 0 Å². The molecule has 3 N–H and O–H groups in total. The molecule has 0 heterocycles. The number of rotatable bonds is 7. The van der Waals surface area contributed by atoms with Crippen LogP contribution >= 0.6 is 0 Å². The van der Waals surface area contributed by atoms with Gasteiger partial charge in [-0.05, 0) is 26.3 Å². The van der Waals surface area contributed by atoms with Crippen LogP contribution in [0, 0.1) is 5.92 Å². The lowest BCUT2D eigenvalue weighted by Gasteiger charge is -2.23. The van der Waals surface area contributed by atoms with Crippen LogP contribution in [-0.2, 0) is 4.79 Å². The van der Waals surface area contributed by atoms with Crippen molar-refractivity contribution in [1.29, 1.82) is 0 Å². The molecular formula is C10H22N2O2. The molecule has 0 spiro atoms. The number of aliphatic hydroxyl groups excluding tert-OH is 1. The second-order valence-corrected chi connectivity index (χ2v) is 3.47. The molecule has 0 fully saturated rings. The molecular weight excluding hydrogens is 180 g/mol. The van der Waals surface area contributed by atoms with Crippen molar-refractivity contribution in [3.63, 3.8) is 0 Å². The lowest BCUT2D eigenvalue weighted by Crippen LogP contribution is -2.36. The van der Waals surface area contributed by atoms with E-state index < -0.39 is 0 Å². The number of nitrogens with two attached hydrogens (primary N) is 1. The maximum Gasteiger partial charge on any atom is 0.225 e. The zero-order chi connectivity index (χ0) is 11.0. The van der Waals surface area contributed by atoms with Crippen molar-refractivity contribution in [1.82, 2.24) is 4.90 Å². The first-order chi connectivity index (χ1) is 6.67. The van der Waals surface area contributed by atoms with Crippen molar-refractivity contribution < 1.29 is 9.90 Å². The first kappa shape index (κ1) is 13.4. The Hall–Kier alpha value is -0.610. The molecule has 0 saturated heterocycles. The van der Waals surface area contributed by atoms with Crippen LogP contribution < -0.4 is 5.73 Å². The van der Waals surface area contributed by atoms with Gasteiger partial charge in [0.05, 0.1) is 0 Å². The minimum atomic E-state index is -0.00126. The second kappa shape index (κ2) is 7.76. The molecule has 0 aromatic carbocycles. The Balaban J connectivity index is 4.01. The van der Waals surface area contributed by atoms with Crippen LogP contribution in [0.15, 0.2) is 0 Å². The van der Waals surface area contributed by atoms with Gasteiger partial charge in [0.2, 0.25) is 5.91 Å². The van der Waals surface area contributed by atoms with Crippen LogP contribution in [0.3, 0.4) is 0 Å². The summed E-state index contributed by atoms with van der Waals surface area (Å²) in [6.45, 7) is 5.87. The Kier molecular flexibility index (Phi) is 7.42. The third-order valence-corrected chi connectivity index (χ3v) is 2.30. The van der Waals surface area contributed by atoms with Gasteiger partial charge in [0.25, 0.3) is 0 Å². The van der Waals surface area contributed by atoms with Gasteiger partial charge in [0.1, 0.15) is 0 Å². The lowest BCUT2D eigenvalue weighted by atomic mass is 10.1. The van der Waals surface area contributed by atoms with Gasteiger partial charge in [-0.1, -0.05) is 6.92 Å². The summed E-state index contributed by atoms with van der Waals surface area (Å²) >= 11 is 0. The zero-order valence-electron chi connectivity index (χ0n) is 9.20. The first-order valence-corrected chi connectivity index (χ1v) is 5.27. The summed E-state index contributed by atoms with van der Waals surface area (Å²) in [7, 11) is 0. The van der Waals surface area contributed by atoms with Crippen molar-refractivity contribution in [3.05, 3.63) is 0 Å². The van der Waals surface area contributed by atoms with Gasteiger partial charge in [0.15, 0.2) is 0 Å². The predicted molar refractivity (Wildman–Crippen MR) is 56.8 cm³/mol. The van der Waals surface area contributed by atoms with Crippen LogP contribution in [0.1, 0.15) is 26.7 Å². The van der Waals surface area contributed by atoms with Crippen molar-refractivity contribution >= 4 is 5.91 Å². The summed E-state index contributed by atoms with van der Waals surface area (Å²) in [6.07, 6.45) is 1.38. The highest BCUT2D eigenvalue weighted by atomic mass is 16.3. The number of amides is 1. The van der Waals surface area contributed by atoms with E-state index in [9.17, 15) is 4.79 Å². The molecule has 0 aromatic rings. The van der Waals surface area contributed by atoms with E-state index in [2.05, 4.69) is 0 Å². The van der Waals surface area contributed by atoms with Gasteiger partial charge in [0, 0.05) is 25.6 Å². The second-order valence-electron chi connectivity index (χ2n) is 3.47. The minimum absolute atomic E-state index is 0.00126. The van der Waals surface area contributed by atoms with E-state index >= 15 is 0 Å². The van der Waals surface area contributed by atoms with Crippen LogP contribution in [0.4, 0.5) is 0 Å². The van der Waals surface area contributed by atoms with Gasteiger partial charge >= 0.3 is 0 Å². The average Bonchev–Trinajstić information content (AvgIpc) is 2.19. The molecule has 0 bridgehead atoms. The number of hydrogen-bond acceptors (Lipinski definition) is 3. The highest BCUT2D eigenvalue weighted by Crippen LogP contribution is 2.06. The summed E-state index contributed by atoms with van der Waals surface area (Å²) in [5.74, 6) is 0.144. The van der Waals surface area contributed by atoms with Crippen molar-refractivity contribution in [2.75, 3.05) is 26.2 Å². The van der Waals surface area contributed by atoms with Crippen molar-refractivity contribution in [2.24, 2.45) is 11.7 Å². The first-order valence-electron chi connectivity index (χ1n) is 5.27. The van der Waals surface area contributed by atoms with E-state index in [4.69, 9.17) is 10.8 Å². The van der Waals surface area contributed by atoms with Gasteiger partial charge < -0.3 is 15.7 Å². The van der Waals surface area contributed by atoms with Gasteiger partial charge in [-0.2, -0.15) is 0 Å². The highest BCUT2D eigenvalue weighted by Gasteiger charge is 2.17. The van der Waals surface area contributed by atoms with Crippen LogP contribution in [0.2, 0.25) is 0 Å². The molecule has 0 aliphatic rings. The summed E-state index contributed by atoms with van der Waals surface area (Å²) < 4.78 is 0. The smallest absolute Gasteiger partial charge is 0.225 e. The normalized spacial score (nSPS) is 12.6. The molecule has 14 heavy (non-hydrogen) atoms. The molecule has 4 nitrogen and oxygen atoms in total. The topological polar surface area (TPSA) is 66.6 Å². The Morgan fingerprint density at radius 1 is 1.57 bits per heavy atom. The Morgan fingerprint density at radius 3 is 2.64 bits per heavy atom. The molecule has 1 amide bonds. The number of aliphatic hydroxyl groups is 1. The Morgan fingerprint density at radius 2 is 2.21 bits per heavy atom. The fraction of sp³-hybridized carbons (Fsp3) is 0.900.